The second-order valence-electron chi connectivity index (χ2n) is 6.13. The number of carbonyl (C=O) groups is 1. The van der Waals surface area contributed by atoms with E-state index in [1.54, 1.807) is 12.4 Å². The summed E-state index contributed by atoms with van der Waals surface area (Å²) in [6.07, 6.45) is 7.83. The molecule has 6 nitrogen and oxygen atoms in total. The number of carbonyl (C=O) groups excluding carboxylic acids is 1. The van der Waals surface area contributed by atoms with Crippen LogP contribution in [-0.2, 0) is 11.2 Å². The minimum absolute atomic E-state index is 0.0591. The zero-order valence-corrected chi connectivity index (χ0v) is 20.7. The van der Waals surface area contributed by atoms with E-state index in [4.69, 9.17) is 21.0 Å². The van der Waals surface area contributed by atoms with Crippen LogP contribution in [0.5, 0.6) is 0 Å². The Hall–Kier alpha value is -2.47. The first-order valence-electron chi connectivity index (χ1n) is 10.4. The lowest BCUT2D eigenvalue weighted by atomic mass is 10.1. The van der Waals surface area contributed by atoms with E-state index in [0.717, 1.165) is 13.0 Å². The van der Waals surface area contributed by atoms with Crippen molar-refractivity contribution in [1.82, 2.24) is 0 Å². The van der Waals surface area contributed by atoms with Crippen molar-refractivity contribution in [2.24, 2.45) is 28.3 Å². The highest BCUT2D eigenvalue weighted by Gasteiger charge is 1.97. The van der Waals surface area contributed by atoms with Crippen molar-refractivity contribution < 1.29 is 9.90 Å². The fourth-order valence-corrected chi connectivity index (χ4v) is 1.28. The zero-order chi connectivity index (χ0) is 24.8. The number of nitrogens with one attached hydrogen (secondary N) is 1. The molecule has 0 aromatic heterocycles. The average molecular weight is 425 g/mol. The molecule has 1 aromatic rings. The topological polar surface area (TPSA) is 126 Å². The number of allylic oxidation sites excluding steroid dienone is 1. The van der Waals surface area contributed by atoms with Crippen LogP contribution in [-0.4, -0.2) is 30.7 Å². The van der Waals surface area contributed by atoms with Gasteiger partial charge < -0.3 is 16.6 Å². The first-order valence-corrected chi connectivity index (χ1v) is 10.4. The predicted molar refractivity (Wildman–Crippen MR) is 135 cm³/mol. The van der Waals surface area contributed by atoms with Crippen LogP contribution in [0.25, 0.3) is 0 Å². The molecule has 1 aromatic carbocycles. The highest BCUT2D eigenvalue weighted by Crippen LogP contribution is 2.00. The molecule has 176 valence electrons. The van der Waals surface area contributed by atoms with Crippen LogP contribution in [0.3, 0.4) is 0 Å². The molecule has 0 saturated heterocycles. The van der Waals surface area contributed by atoms with Crippen molar-refractivity contribution >= 4 is 18.5 Å². The molecule has 1 unspecified atom stereocenters. The van der Waals surface area contributed by atoms with Gasteiger partial charge in [-0.1, -0.05) is 91.3 Å². The molecule has 0 radical (unpaired) electrons. The number of amides is 1. The first-order chi connectivity index (χ1) is 14.3. The van der Waals surface area contributed by atoms with Gasteiger partial charge in [0.25, 0.3) is 0 Å². The Balaban J connectivity index is -0.0000000950. The van der Waals surface area contributed by atoms with Gasteiger partial charge >= 0.3 is 0 Å². The molecule has 1 amide bonds. The Kier molecular flexibility index (Phi) is 47.5. The van der Waals surface area contributed by atoms with Crippen LogP contribution >= 0.6 is 0 Å². The van der Waals surface area contributed by atoms with Gasteiger partial charge in [-0.15, -0.1) is 0 Å². The second-order valence-corrected chi connectivity index (χ2v) is 6.13. The fourth-order valence-electron chi connectivity index (χ4n) is 1.28. The highest BCUT2D eigenvalue weighted by molar-refractivity contribution is 5.93. The molecule has 1 rings (SSSR count). The number of aliphatic hydroxyl groups excluding tert-OH is 1. The monoisotopic (exact) mass is 424 g/mol. The predicted octanol–water partition coefficient (Wildman–Crippen LogP) is 5.20. The molecule has 30 heavy (non-hydrogen) atoms. The molecule has 6 heteroatoms. The van der Waals surface area contributed by atoms with Crippen molar-refractivity contribution in [3.05, 3.63) is 48.2 Å². The van der Waals surface area contributed by atoms with Crippen LogP contribution < -0.4 is 11.5 Å². The smallest absolute Gasteiger partial charge is 0.204 e. The SMILES string of the molecule is C/C=C\N=CC(C)C(=N)N.CC.CC(C)C.CCCc1ccccc1.CO.NC=O. The third-order valence-corrected chi connectivity index (χ3v) is 2.42. The third-order valence-electron chi connectivity index (χ3n) is 2.42. The van der Waals surface area contributed by atoms with E-state index in [1.165, 1.54) is 18.4 Å². The second kappa shape index (κ2) is 37.3. The van der Waals surface area contributed by atoms with Crippen molar-refractivity contribution in [2.45, 2.75) is 68.2 Å². The lowest BCUT2D eigenvalue weighted by molar-refractivity contribution is -0.106. The number of nitrogens with zero attached hydrogens (tertiary/aromatic N) is 1. The van der Waals surface area contributed by atoms with Crippen molar-refractivity contribution in [3.8, 4) is 0 Å². The summed E-state index contributed by atoms with van der Waals surface area (Å²) in [5.74, 6) is 0.921. The van der Waals surface area contributed by atoms with Gasteiger partial charge in [-0.25, -0.2) is 0 Å². The summed E-state index contributed by atoms with van der Waals surface area (Å²) in [4.78, 5) is 12.5. The summed E-state index contributed by atoms with van der Waals surface area (Å²) >= 11 is 0. The molecule has 1 atom stereocenters. The first kappa shape index (κ1) is 38.2. The summed E-state index contributed by atoms with van der Waals surface area (Å²) in [5.41, 5.74) is 10.8. The van der Waals surface area contributed by atoms with Gasteiger partial charge in [0.05, 0.1) is 5.84 Å². The summed E-state index contributed by atoms with van der Waals surface area (Å²) in [5, 5.41) is 14.0. The Morgan fingerprint density at radius 1 is 1.13 bits per heavy atom. The number of nitrogens with two attached hydrogens (primary N) is 2. The van der Waals surface area contributed by atoms with Gasteiger partial charge in [-0.2, -0.15) is 0 Å². The molecule has 0 aliphatic heterocycles. The van der Waals surface area contributed by atoms with E-state index in [2.05, 4.69) is 68.8 Å². The Morgan fingerprint density at radius 2 is 1.53 bits per heavy atom. The Bertz CT molecular complexity index is 484. The van der Waals surface area contributed by atoms with Gasteiger partial charge in [0, 0.05) is 25.4 Å². The molecule has 6 N–H and O–H groups in total. The molecule has 0 aliphatic carbocycles. The summed E-state index contributed by atoms with van der Waals surface area (Å²) in [6, 6.07) is 10.6. The molecule has 0 aliphatic rings. The zero-order valence-electron chi connectivity index (χ0n) is 20.7. The van der Waals surface area contributed by atoms with Crippen LogP contribution in [0.4, 0.5) is 0 Å². The van der Waals surface area contributed by atoms with E-state index >= 15 is 0 Å². The maximum absolute atomic E-state index is 8.58. The van der Waals surface area contributed by atoms with E-state index < -0.39 is 0 Å². The van der Waals surface area contributed by atoms with Gasteiger partial charge in [0.2, 0.25) is 6.41 Å². The summed E-state index contributed by atoms with van der Waals surface area (Å²) < 4.78 is 0. The summed E-state index contributed by atoms with van der Waals surface area (Å²) in [7, 11) is 1.00. The van der Waals surface area contributed by atoms with Crippen molar-refractivity contribution in [2.75, 3.05) is 7.11 Å². The Labute approximate surface area is 186 Å². The minimum atomic E-state index is -0.0591. The van der Waals surface area contributed by atoms with Gasteiger partial charge in [-0.05, 0) is 24.8 Å². The number of aliphatic hydroxyl groups is 1. The van der Waals surface area contributed by atoms with Crippen molar-refractivity contribution in [1.29, 1.82) is 5.41 Å². The number of benzene rings is 1. The van der Waals surface area contributed by atoms with Gasteiger partial charge in [-0.3, -0.25) is 15.2 Å². The largest absolute Gasteiger partial charge is 0.400 e. The summed E-state index contributed by atoms with van der Waals surface area (Å²) in [6.45, 7) is 16.4. The quantitative estimate of drug-likeness (QED) is 0.295. The molecule has 0 saturated carbocycles. The molecule has 0 bridgehead atoms. The number of amidine groups is 1. The number of hydrogen-bond donors (Lipinski definition) is 4. The van der Waals surface area contributed by atoms with Crippen LogP contribution in [0, 0.1) is 17.2 Å². The third kappa shape index (κ3) is 50.0. The number of aliphatic imine (C=N–C) groups is 1. The fraction of sp³-hybridized carbons (Fsp3) is 0.542. The van der Waals surface area contributed by atoms with E-state index in [-0.39, 0.29) is 18.2 Å². The van der Waals surface area contributed by atoms with Gasteiger partial charge in [0.1, 0.15) is 0 Å². The number of hydrogen-bond acceptors (Lipinski definition) is 4. The normalized spacial score (nSPS) is 9.70. The van der Waals surface area contributed by atoms with Crippen LogP contribution in [0.15, 0.2) is 47.6 Å². The molecule has 0 spiro atoms. The standard InChI is InChI=1S/C9H12.C7H13N3.C4H10.C2H6.CH3NO.CH4O/c1-2-6-9-7-4-3-5-8-9;1-3-4-10-5-6(2)7(8)9;1-4(2)3;1-2;2-1-3;1-2/h3-5,7-8H,2,6H2,1H3;3-6H,1-2H3,(H3,8,9);4H,1-3H3;1-2H3;1H,(H2,2,3);2H,1H3/b;4-3-,10-5?;;;;. The lowest BCUT2D eigenvalue weighted by Gasteiger charge is -1.98. The highest BCUT2D eigenvalue weighted by atomic mass is 16.2. The maximum atomic E-state index is 8.58. The van der Waals surface area contributed by atoms with Crippen LogP contribution in [0.1, 0.15) is 67.4 Å². The number of aryl methyl sites for hydroxylation is 1. The molecule has 0 fully saturated rings. The average Bonchev–Trinajstić information content (AvgIpc) is 2.73. The van der Waals surface area contributed by atoms with E-state index in [0.29, 0.717) is 0 Å². The van der Waals surface area contributed by atoms with E-state index in [1.807, 2.05) is 33.8 Å². The minimum Gasteiger partial charge on any atom is -0.400 e. The molecule has 0 heterocycles. The molecular weight excluding hydrogens is 376 g/mol. The maximum Gasteiger partial charge on any atom is 0.204 e. The molecular formula is C24H48N4O2. The van der Waals surface area contributed by atoms with Crippen molar-refractivity contribution in [3.63, 3.8) is 0 Å². The number of primary amides is 1. The van der Waals surface area contributed by atoms with E-state index in [9.17, 15) is 0 Å². The lowest BCUT2D eigenvalue weighted by Crippen LogP contribution is -2.20. The van der Waals surface area contributed by atoms with Gasteiger partial charge in [0.15, 0.2) is 0 Å². The number of rotatable bonds is 5. The Morgan fingerprint density at radius 3 is 1.83 bits per heavy atom. The van der Waals surface area contributed by atoms with Crippen LogP contribution in [0.2, 0.25) is 0 Å².